The standard InChI is InChI=1S/C21H22N2O2/c1-25-20-12-16(8-10-19(20)23)21(14-5-3-2-4-6-14)15-7-9-18(22)17(11-15)13-24/h2-12,21,24H,13,22-23H2,1H3. The summed E-state index contributed by atoms with van der Waals surface area (Å²) in [5.41, 5.74) is 17.1. The fourth-order valence-corrected chi connectivity index (χ4v) is 3.07. The van der Waals surface area contributed by atoms with Gasteiger partial charge >= 0.3 is 0 Å². The maximum atomic E-state index is 9.57. The number of aliphatic hydroxyl groups is 1. The van der Waals surface area contributed by atoms with Gasteiger partial charge in [0.1, 0.15) is 5.75 Å². The van der Waals surface area contributed by atoms with Gasteiger partial charge in [-0.1, -0.05) is 48.5 Å². The molecule has 0 bridgehead atoms. The van der Waals surface area contributed by atoms with Crippen LogP contribution in [0.2, 0.25) is 0 Å². The van der Waals surface area contributed by atoms with Crippen molar-refractivity contribution in [2.75, 3.05) is 18.6 Å². The van der Waals surface area contributed by atoms with E-state index in [1.165, 1.54) is 0 Å². The summed E-state index contributed by atoms with van der Waals surface area (Å²) in [5.74, 6) is 0.637. The lowest BCUT2D eigenvalue weighted by molar-refractivity contribution is 0.282. The second kappa shape index (κ2) is 7.28. The van der Waals surface area contributed by atoms with Crippen molar-refractivity contribution in [3.8, 4) is 5.75 Å². The summed E-state index contributed by atoms with van der Waals surface area (Å²) in [6.45, 7) is -0.0910. The molecule has 0 spiro atoms. The molecule has 0 fully saturated rings. The van der Waals surface area contributed by atoms with Gasteiger partial charge < -0.3 is 21.3 Å². The normalized spacial score (nSPS) is 11.9. The molecular weight excluding hydrogens is 312 g/mol. The van der Waals surface area contributed by atoms with Crippen LogP contribution in [0, 0.1) is 0 Å². The monoisotopic (exact) mass is 334 g/mol. The van der Waals surface area contributed by atoms with Gasteiger partial charge in [0.25, 0.3) is 0 Å². The van der Waals surface area contributed by atoms with Crippen molar-refractivity contribution >= 4 is 11.4 Å². The van der Waals surface area contributed by atoms with E-state index < -0.39 is 0 Å². The fraction of sp³-hybridized carbons (Fsp3) is 0.143. The van der Waals surface area contributed by atoms with Crippen molar-refractivity contribution in [2.24, 2.45) is 0 Å². The second-order valence-corrected chi connectivity index (χ2v) is 5.96. The van der Waals surface area contributed by atoms with Crippen LogP contribution in [-0.2, 0) is 6.61 Å². The summed E-state index contributed by atoms with van der Waals surface area (Å²) in [4.78, 5) is 0. The zero-order valence-corrected chi connectivity index (χ0v) is 14.1. The van der Waals surface area contributed by atoms with Crippen LogP contribution in [0.4, 0.5) is 11.4 Å². The number of nitrogen functional groups attached to an aromatic ring is 2. The number of hydrogen-bond donors (Lipinski definition) is 3. The van der Waals surface area contributed by atoms with E-state index in [9.17, 15) is 5.11 Å². The third-order valence-electron chi connectivity index (χ3n) is 4.39. The lowest BCUT2D eigenvalue weighted by atomic mass is 9.84. The Morgan fingerprint density at radius 1 is 0.840 bits per heavy atom. The van der Waals surface area contributed by atoms with Crippen LogP contribution < -0.4 is 16.2 Å². The summed E-state index contributed by atoms with van der Waals surface area (Å²) >= 11 is 0. The number of rotatable bonds is 5. The molecule has 0 aromatic heterocycles. The second-order valence-electron chi connectivity index (χ2n) is 5.96. The average molecular weight is 334 g/mol. The fourth-order valence-electron chi connectivity index (χ4n) is 3.07. The molecule has 128 valence electrons. The first-order valence-electron chi connectivity index (χ1n) is 8.11. The molecule has 0 saturated heterocycles. The molecule has 0 heterocycles. The van der Waals surface area contributed by atoms with Gasteiger partial charge in [-0.05, 0) is 34.9 Å². The number of nitrogens with two attached hydrogens (primary N) is 2. The Morgan fingerprint density at radius 3 is 2.12 bits per heavy atom. The van der Waals surface area contributed by atoms with Gasteiger partial charge in [0.2, 0.25) is 0 Å². The van der Waals surface area contributed by atoms with E-state index in [4.69, 9.17) is 16.2 Å². The highest BCUT2D eigenvalue weighted by molar-refractivity contribution is 5.58. The minimum Gasteiger partial charge on any atom is -0.495 e. The van der Waals surface area contributed by atoms with Crippen LogP contribution in [-0.4, -0.2) is 12.2 Å². The predicted molar refractivity (Wildman–Crippen MR) is 102 cm³/mol. The van der Waals surface area contributed by atoms with E-state index >= 15 is 0 Å². The molecule has 3 rings (SSSR count). The van der Waals surface area contributed by atoms with Crippen LogP contribution in [0.1, 0.15) is 28.2 Å². The number of hydrogen-bond acceptors (Lipinski definition) is 4. The highest BCUT2D eigenvalue weighted by Crippen LogP contribution is 2.36. The molecule has 1 unspecified atom stereocenters. The molecule has 3 aromatic rings. The first kappa shape index (κ1) is 16.9. The summed E-state index contributed by atoms with van der Waals surface area (Å²) in [6.07, 6.45) is 0. The van der Waals surface area contributed by atoms with Gasteiger partial charge in [-0.15, -0.1) is 0 Å². The Bertz CT molecular complexity index is 810. The maximum Gasteiger partial charge on any atom is 0.142 e. The van der Waals surface area contributed by atoms with Crippen molar-refractivity contribution < 1.29 is 9.84 Å². The van der Waals surface area contributed by atoms with Gasteiger partial charge in [-0.25, -0.2) is 0 Å². The first-order valence-corrected chi connectivity index (χ1v) is 8.11. The molecule has 1 atom stereocenters. The molecular formula is C21H22N2O2. The largest absolute Gasteiger partial charge is 0.495 e. The molecule has 0 amide bonds. The zero-order valence-electron chi connectivity index (χ0n) is 14.1. The van der Waals surface area contributed by atoms with Gasteiger partial charge in [-0.3, -0.25) is 0 Å². The van der Waals surface area contributed by atoms with E-state index in [0.717, 1.165) is 22.3 Å². The van der Waals surface area contributed by atoms with Crippen LogP contribution in [0.3, 0.4) is 0 Å². The van der Waals surface area contributed by atoms with Gasteiger partial charge in [0.15, 0.2) is 0 Å². The lowest BCUT2D eigenvalue weighted by Gasteiger charge is -2.21. The van der Waals surface area contributed by atoms with Crippen molar-refractivity contribution in [3.63, 3.8) is 0 Å². The van der Waals surface area contributed by atoms with Gasteiger partial charge in [0, 0.05) is 17.2 Å². The Kier molecular flexibility index (Phi) is 4.91. The van der Waals surface area contributed by atoms with Gasteiger partial charge in [0.05, 0.1) is 19.4 Å². The molecule has 4 nitrogen and oxygen atoms in total. The first-order chi connectivity index (χ1) is 12.1. The molecule has 0 aliphatic rings. The summed E-state index contributed by atoms with van der Waals surface area (Å²) in [6, 6.07) is 21.8. The quantitative estimate of drug-likeness (QED) is 0.492. The number of methoxy groups -OCH3 is 1. The van der Waals surface area contributed by atoms with Crippen LogP contribution >= 0.6 is 0 Å². The van der Waals surface area contributed by atoms with E-state index in [-0.39, 0.29) is 12.5 Å². The molecule has 25 heavy (non-hydrogen) atoms. The number of ether oxygens (including phenoxy) is 1. The Labute approximate surface area is 147 Å². The van der Waals surface area contributed by atoms with E-state index in [1.54, 1.807) is 7.11 Å². The molecule has 5 N–H and O–H groups in total. The average Bonchev–Trinajstić information content (AvgIpc) is 2.65. The van der Waals surface area contributed by atoms with Gasteiger partial charge in [-0.2, -0.15) is 0 Å². The molecule has 0 radical (unpaired) electrons. The van der Waals surface area contributed by atoms with Crippen molar-refractivity contribution in [1.82, 2.24) is 0 Å². The third kappa shape index (κ3) is 3.44. The van der Waals surface area contributed by atoms with Crippen molar-refractivity contribution in [2.45, 2.75) is 12.5 Å². The minimum atomic E-state index is -0.0910. The number of anilines is 2. The summed E-state index contributed by atoms with van der Waals surface area (Å²) in [7, 11) is 1.61. The van der Waals surface area contributed by atoms with Crippen LogP contribution in [0.15, 0.2) is 66.7 Å². The van der Waals surface area contributed by atoms with E-state index in [2.05, 4.69) is 12.1 Å². The molecule has 3 aromatic carbocycles. The van der Waals surface area contributed by atoms with Crippen LogP contribution in [0.5, 0.6) is 5.75 Å². The topological polar surface area (TPSA) is 81.5 Å². The summed E-state index contributed by atoms with van der Waals surface area (Å²) in [5, 5.41) is 9.57. The van der Waals surface area contributed by atoms with E-state index in [1.807, 2.05) is 54.6 Å². The SMILES string of the molecule is COc1cc(C(c2ccccc2)c2ccc(N)c(CO)c2)ccc1N. The van der Waals surface area contributed by atoms with Crippen LogP contribution in [0.25, 0.3) is 0 Å². The summed E-state index contributed by atoms with van der Waals surface area (Å²) < 4.78 is 5.39. The van der Waals surface area contributed by atoms with Crippen molar-refractivity contribution in [1.29, 1.82) is 0 Å². The smallest absolute Gasteiger partial charge is 0.142 e. The zero-order chi connectivity index (χ0) is 17.8. The molecule has 0 aliphatic heterocycles. The lowest BCUT2D eigenvalue weighted by Crippen LogP contribution is -2.06. The highest BCUT2D eigenvalue weighted by Gasteiger charge is 2.19. The maximum absolute atomic E-state index is 9.57. The molecule has 4 heteroatoms. The molecule has 0 saturated carbocycles. The minimum absolute atomic E-state index is 0.0124. The highest BCUT2D eigenvalue weighted by atomic mass is 16.5. The Balaban J connectivity index is 2.17. The predicted octanol–water partition coefficient (Wildman–Crippen LogP) is 3.53. The number of benzene rings is 3. The van der Waals surface area contributed by atoms with E-state index in [0.29, 0.717) is 17.1 Å². The molecule has 0 aliphatic carbocycles. The third-order valence-corrected chi connectivity index (χ3v) is 4.39. The Morgan fingerprint density at radius 2 is 1.48 bits per heavy atom. The van der Waals surface area contributed by atoms with Crippen molar-refractivity contribution in [3.05, 3.63) is 89.0 Å². The Hall–Kier alpha value is -2.98. The number of aliphatic hydroxyl groups excluding tert-OH is 1.